The van der Waals surface area contributed by atoms with Crippen molar-refractivity contribution >= 4 is 22.9 Å². The number of aliphatic hydroxyl groups is 1. The van der Waals surface area contributed by atoms with E-state index in [1.165, 1.54) is 6.20 Å². The average molecular weight is 261 g/mol. The van der Waals surface area contributed by atoms with E-state index >= 15 is 0 Å². The second-order valence-corrected chi connectivity index (χ2v) is 3.82. The highest BCUT2D eigenvalue weighted by molar-refractivity contribution is 5.97. The van der Waals surface area contributed by atoms with Crippen LogP contribution in [0.15, 0.2) is 30.6 Å². The van der Waals surface area contributed by atoms with Gasteiger partial charge >= 0.3 is 5.97 Å². The predicted molar refractivity (Wildman–Crippen MR) is 65.5 cm³/mol. The summed E-state index contributed by atoms with van der Waals surface area (Å²) in [6, 6.07) is 4.75. The van der Waals surface area contributed by atoms with Gasteiger partial charge in [-0.05, 0) is 18.2 Å². The Balaban J connectivity index is 2.11. The zero-order chi connectivity index (χ0) is 13.8. The lowest BCUT2D eigenvalue weighted by Crippen LogP contribution is -2.36. The van der Waals surface area contributed by atoms with Crippen molar-refractivity contribution in [3.8, 4) is 0 Å². The minimum atomic E-state index is -1.62. The Morgan fingerprint density at radius 1 is 1.21 bits per heavy atom. The van der Waals surface area contributed by atoms with E-state index in [0.717, 1.165) is 0 Å². The molecule has 0 aliphatic carbocycles. The molecular weight excluding hydrogens is 250 g/mol. The highest BCUT2D eigenvalue weighted by Gasteiger charge is 2.15. The Morgan fingerprint density at radius 3 is 2.58 bits per heavy atom. The molecule has 0 saturated heterocycles. The molecule has 0 saturated carbocycles. The number of benzene rings is 1. The molecule has 7 heteroatoms. The molecule has 1 aromatic heterocycles. The molecule has 1 atom stereocenters. The van der Waals surface area contributed by atoms with Gasteiger partial charge in [-0.1, -0.05) is 0 Å². The highest BCUT2D eigenvalue weighted by atomic mass is 16.4. The van der Waals surface area contributed by atoms with Gasteiger partial charge in [0.05, 0.1) is 17.6 Å². The normalized spacial score (nSPS) is 12.1. The van der Waals surface area contributed by atoms with E-state index in [4.69, 9.17) is 10.2 Å². The van der Waals surface area contributed by atoms with E-state index in [0.29, 0.717) is 16.6 Å². The van der Waals surface area contributed by atoms with E-state index in [-0.39, 0.29) is 6.54 Å². The van der Waals surface area contributed by atoms with Gasteiger partial charge in [0.25, 0.3) is 5.91 Å². The second-order valence-electron chi connectivity index (χ2n) is 3.82. The smallest absolute Gasteiger partial charge is 0.334 e. The van der Waals surface area contributed by atoms with Crippen LogP contribution in [0.25, 0.3) is 11.0 Å². The summed E-state index contributed by atoms with van der Waals surface area (Å²) in [6.07, 6.45) is 1.44. The molecule has 3 N–H and O–H groups in total. The van der Waals surface area contributed by atoms with Crippen molar-refractivity contribution < 1.29 is 19.8 Å². The summed E-state index contributed by atoms with van der Waals surface area (Å²) >= 11 is 0. The molecule has 2 aromatic rings. The fourth-order valence-corrected chi connectivity index (χ4v) is 1.48. The summed E-state index contributed by atoms with van der Waals surface area (Å²) in [5, 5.41) is 19.9. The Labute approximate surface area is 107 Å². The fraction of sp³-hybridized carbons (Fsp3) is 0.167. The van der Waals surface area contributed by atoms with Crippen molar-refractivity contribution in [2.45, 2.75) is 6.10 Å². The van der Waals surface area contributed by atoms with E-state index in [9.17, 15) is 9.59 Å². The number of aliphatic carboxylic acids is 1. The van der Waals surface area contributed by atoms with Gasteiger partial charge in [-0.3, -0.25) is 14.8 Å². The molecule has 1 unspecified atom stereocenters. The van der Waals surface area contributed by atoms with E-state index in [1.54, 1.807) is 24.4 Å². The van der Waals surface area contributed by atoms with Crippen LogP contribution in [0.1, 0.15) is 10.4 Å². The molecule has 98 valence electrons. The third kappa shape index (κ3) is 3.02. The Morgan fingerprint density at radius 2 is 1.89 bits per heavy atom. The van der Waals surface area contributed by atoms with Gasteiger partial charge in [-0.25, -0.2) is 4.79 Å². The molecule has 2 rings (SSSR count). The zero-order valence-corrected chi connectivity index (χ0v) is 9.78. The summed E-state index contributed by atoms with van der Waals surface area (Å²) in [5.74, 6) is -1.86. The van der Waals surface area contributed by atoms with Gasteiger partial charge in [0.15, 0.2) is 6.10 Å². The molecule has 0 spiro atoms. The highest BCUT2D eigenvalue weighted by Crippen LogP contribution is 2.10. The van der Waals surface area contributed by atoms with Crippen molar-refractivity contribution in [1.82, 2.24) is 15.3 Å². The van der Waals surface area contributed by atoms with Gasteiger partial charge in [-0.15, -0.1) is 0 Å². The Kier molecular flexibility index (Phi) is 3.67. The minimum absolute atomic E-state index is 0.325. The van der Waals surface area contributed by atoms with Crippen LogP contribution >= 0.6 is 0 Å². The molecular formula is C12H11N3O4. The number of fused-ring (bicyclic) bond motifs is 1. The molecule has 0 fully saturated rings. The number of aliphatic hydroxyl groups excluding tert-OH is 1. The monoisotopic (exact) mass is 261 g/mol. The number of carboxylic acids is 1. The van der Waals surface area contributed by atoms with Crippen LogP contribution in [0.5, 0.6) is 0 Å². The van der Waals surface area contributed by atoms with Gasteiger partial charge in [0.1, 0.15) is 0 Å². The largest absolute Gasteiger partial charge is 0.479 e. The Hall–Kier alpha value is -2.54. The average Bonchev–Trinajstić information content (AvgIpc) is 2.43. The van der Waals surface area contributed by atoms with Crippen LogP contribution in [-0.4, -0.2) is 44.7 Å². The Bertz CT molecular complexity index is 629. The van der Waals surface area contributed by atoms with Crippen LogP contribution in [0.4, 0.5) is 0 Å². The standard InChI is InChI=1S/C12H11N3O4/c16-10(12(18)19)6-15-11(17)7-1-2-8-9(5-7)14-4-3-13-8/h1-5,10,16H,6H2,(H,15,17)(H,18,19). The number of aromatic nitrogens is 2. The lowest BCUT2D eigenvalue weighted by atomic mass is 10.2. The third-order valence-electron chi connectivity index (χ3n) is 2.47. The molecule has 0 bridgehead atoms. The van der Waals surface area contributed by atoms with Crippen LogP contribution in [0.3, 0.4) is 0 Å². The van der Waals surface area contributed by atoms with Crippen LogP contribution in [0.2, 0.25) is 0 Å². The summed E-state index contributed by atoms with van der Waals surface area (Å²) in [4.78, 5) is 30.3. The zero-order valence-electron chi connectivity index (χ0n) is 9.78. The molecule has 1 amide bonds. The predicted octanol–water partition coefficient (Wildman–Crippen LogP) is -0.195. The summed E-state index contributed by atoms with van der Waals surface area (Å²) in [7, 11) is 0. The molecule has 19 heavy (non-hydrogen) atoms. The maximum atomic E-state index is 11.8. The minimum Gasteiger partial charge on any atom is -0.479 e. The van der Waals surface area contributed by atoms with Gasteiger partial charge in [0.2, 0.25) is 0 Å². The first-order valence-electron chi connectivity index (χ1n) is 5.48. The maximum Gasteiger partial charge on any atom is 0.334 e. The lowest BCUT2D eigenvalue weighted by molar-refractivity contribution is -0.146. The molecule has 0 aliphatic heterocycles. The van der Waals surface area contributed by atoms with Crippen LogP contribution < -0.4 is 5.32 Å². The first kappa shape index (κ1) is 12.9. The topological polar surface area (TPSA) is 112 Å². The van der Waals surface area contributed by atoms with E-state index < -0.39 is 18.0 Å². The van der Waals surface area contributed by atoms with Gasteiger partial charge in [0, 0.05) is 18.0 Å². The SMILES string of the molecule is O=C(NCC(O)C(=O)O)c1ccc2nccnc2c1. The number of carbonyl (C=O) groups is 2. The van der Waals surface area contributed by atoms with Crippen molar-refractivity contribution in [2.75, 3.05) is 6.54 Å². The molecule has 1 aromatic carbocycles. The van der Waals surface area contributed by atoms with E-state index in [2.05, 4.69) is 15.3 Å². The van der Waals surface area contributed by atoms with Crippen molar-refractivity contribution in [1.29, 1.82) is 0 Å². The number of hydrogen-bond donors (Lipinski definition) is 3. The third-order valence-corrected chi connectivity index (χ3v) is 2.47. The first-order valence-corrected chi connectivity index (χ1v) is 5.48. The quantitative estimate of drug-likeness (QED) is 0.703. The number of hydrogen-bond acceptors (Lipinski definition) is 5. The lowest BCUT2D eigenvalue weighted by Gasteiger charge is -2.08. The van der Waals surface area contributed by atoms with Crippen LogP contribution in [0, 0.1) is 0 Å². The summed E-state index contributed by atoms with van der Waals surface area (Å²) in [6.45, 7) is -0.354. The maximum absolute atomic E-state index is 11.8. The van der Waals surface area contributed by atoms with E-state index in [1.807, 2.05) is 0 Å². The molecule has 1 heterocycles. The number of carboxylic acid groups (broad SMARTS) is 1. The van der Waals surface area contributed by atoms with Gasteiger partial charge < -0.3 is 15.5 Å². The summed E-state index contributed by atoms with van der Waals surface area (Å²) < 4.78 is 0. The first-order chi connectivity index (χ1) is 9.08. The number of nitrogens with zero attached hydrogens (tertiary/aromatic N) is 2. The number of carbonyl (C=O) groups excluding carboxylic acids is 1. The van der Waals surface area contributed by atoms with Crippen molar-refractivity contribution in [3.63, 3.8) is 0 Å². The van der Waals surface area contributed by atoms with Gasteiger partial charge in [-0.2, -0.15) is 0 Å². The molecule has 7 nitrogen and oxygen atoms in total. The number of amides is 1. The molecule has 0 radical (unpaired) electrons. The molecule has 0 aliphatic rings. The number of nitrogens with one attached hydrogen (secondary N) is 1. The summed E-state index contributed by atoms with van der Waals surface area (Å²) in [5.41, 5.74) is 1.55. The second kappa shape index (κ2) is 5.40. The van der Waals surface area contributed by atoms with Crippen molar-refractivity contribution in [3.05, 3.63) is 36.2 Å². The number of rotatable bonds is 4. The van der Waals surface area contributed by atoms with Crippen molar-refractivity contribution in [2.24, 2.45) is 0 Å². The fourth-order valence-electron chi connectivity index (χ4n) is 1.48. The van der Waals surface area contributed by atoms with Crippen LogP contribution in [-0.2, 0) is 4.79 Å².